The lowest BCUT2D eigenvalue weighted by molar-refractivity contribution is 0.939. The molecule has 0 radical (unpaired) electrons. The lowest BCUT2D eigenvalue weighted by Gasteiger charge is -2.06. The van der Waals surface area contributed by atoms with E-state index in [4.69, 9.17) is 0 Å². The molecule has 0 bridgehead atoms. The number of rotatable bonds is 4. The molecule has 0 aliphatic carbocycles. The van der Waals surface area contributed by atoms with Crippen molar-refractivity contribution in [3.8, 4) is 0 Å². The van der Waals surface area contributed by atoms with Gasteiger partial charge >= 0.3 is 0 Å². The first-order chi connectivity index (χ1) is 8.17. The highest BCUT2D eigenvalue weighted by atomic mass is 32.1. The monoisotopic (exact) mass is 248 g/mol. The summed E-state index contributed by atoms with van der Waals surface area (Å²) >= 11 is 1.67. The molecule has 1 N–H and O–H groups in total. The Labute approximate surface area is 105 Å². The summed E-state index contributed by atoms with van der Waals surface area (Å²) in [7, 11) is 0. The summed E-state index contributed by atoms with van der Waals surface area (Å²) in [6.07, 6.45) is 0.925. The Morgan fingerprint density at radius 1 is 1.24 bits per heavy atom. The van der Waals surface area contributed by atoms with Crippen molar-refractivity contribution in [1.29, 1.82) is 0 Å². The molecule has 0 atom stereocenters. The molecule has 0 spiro atoms. The van der Waals surface area contributed by atoms with Gasteiger partial charge in [0.1, 0.15) is 16.6 Å². The Bertz CT molecular complexity index is 507. The van der Waals surface area contributed by atoms with Gasteiger partial charge in [0.05, 0.1) is 6.54 Å². The molecule has 0 amide bonds. The van der Waals surface area contributed by atoms with Crippen LogP contribution in [0.5, 0.6) is 0 Å². The fourth-order valence-corrected chi connectivity index (χ4v) is 2.26. The van der Waals surface area contributed by atoms with E-state index in [1.165, 1.54) is 0 Å². The van der Waals surface area contributed by atoms with Crippen LogP contribution >= 0.6 is 11.3 Å². The molecule has 0 saturated carbocycles. The van der Waals surface area contributed by atoms with Gasteiger partial charge in [0.25, 0.3) is 0 Å². The summed E-state index contributed by atoms with van der Waals surface area (Å²) in [6, 6.07) is 1.99. The van der Waals surface area contributed by atoms with E-state index in [2.05, 4.69) is 32.6 Å². The summed E-state index contributed by atoms with van der Waals surface area (Å²) in [5.41, 5.74) is 2.13. The number of aryl methyl sites for hydroxylation is 3. The highest BCUT2D eigenvalue weighted by Crippen LogP contribution is 2.12. The molecule has 0 fully saturated rings. The largest absolute Gasteiger partial charge is 0.363 e. The summed E-state index contributed by atoms with van der Waals surface area (Å²) in [5, 5.41) is 6.42. The summed E-state index contributed by atoms with van der Waals surface area (Å²) < 4.78 is 0. The number of nitrogens with zero attached hydrogens (tertiary/aromatic N) is 3. The fourth-order valence-electron chi connectivity index (χ4n) is 1.55. The fraction of sp³-hybridized carbons (Fsp3) is 0.417. The first-order valence-electron chi connectivity index (χ1n) is 5.67. The van der Waals surface area contributed by atoms with Crippen molar-refractivity contribution in [2.45, 2.75) is 33.7 Å². The lowest BCUT2D eigenvalue weighted by atomic mass is 10.3. The second-order valence-corrected chi connectivity index (χ2v) is 4.82. The van der Waals surface area contributed by atoms with Crippen molar-refractivity contribution in [2.75, 3.05) is 5.32 Å². The smallest absolute Gasteiger partial charge is 0.130 e. The number of thiazole rings is 1. The van der Waals surface area contributed by atoms with E-state index in [0.717, 1.165) is 41.0 Å². The molecular weight excluding hydrogens is 232 g/mol. The lowest BCUT2D eigenvalue weighted by Crippen LogP contribution is -2.04. The quantitative estimate of drug-likeness (QED) is 0.904. The van der Waals surface area contributed by atoms with Gasteiger partial charge in [-0.25, -0.2) is 15.0 Å². The molecule has 0 aliphatic rings. The average molecular weight is 248 g/mol. The van der Waals surface area contributed by atoms with E-state index in [0.29, 0.717) is 0 Å². The maximum absolute atomic E-state index is 4.40. The van der Waals surface area contributed by atoms with Crippen molar-refractivity contribution in [3.63, 3.8) is 0 Å². The normalized spacial score (nSPS) is 10.5. The molecule has 0 unspecified atom stereocenters. The molecule has 2 heterocycles. The minimum atomic E-state index is 0.720. The first kappa shape index (κ1) is 12.0. The van der Waals surface area contributed by atoms with Gasteiger partial charge in [0, 0.05) is 22.8 Å². The topological polar surface area (TPSA) is 50.7 Å². The highest BCUT2D eigenvalue weighted by molar-refractivity contribution is 7.09. The first-order valence-corrected chi connectivity index (χ1v) is 6.54. The average Bonchev–Trinajstić information content (AvgIpc) is 2.72. The molecule has 4 nitrogen and oxygen atoms in total. The predicted molar refractivity (Wildman–Crippen MR) is 70.3 cm³/mol. The molecule has 17 heavy (non-hydrogen) atoms. The van der Waals surface area contributed by atoms with Crippen LogP contribution in [-0.4, -0.2) is 15.0 Å². The number of hydrogen-bond acceptors (Lipinski definition) is 5. The molecule has 0 aliphatic heterocycles. The van der Waals surface area contributed by atoms with E-state index < -0.39 is 0 Å². The molecule has 2 aromatic rings. The Morgan fingerprint density at radius 2 is 2.06 bits per heavy atom. The van der Waals surface area contributed by atoms with Crippen LogP contribution in [0.3, 0.4) is 0 Å². The Kier molecular flexibility index (Phi) is 3.68. The summed E-state index contributed by atoms with van der Waals surface area (Å²) in [5.74, 6) is 1.68. The van der Waals surface area contributed by atoms with Crippen LogP contribution in [-0.2, 0) is 13.0 Å². The van der Waals surface area contributed by atoms with Crippen LogP contribution in [0.25, 0.3) is 0 Å². The van der Waals surface area contributed by atoms with Gasteiger partial charge in [-0.1, -0.05) is 6.92 Å². The van der Waals surface area contributed by atoms with Crippen molar-refractivity contribution >= 4 is 17.2 Å². The van der Waals surface area contributed by atoms with Crippen LogP contribution in [0, 0.1) is 13.8 Å². The minimum absolute atomic E-state index is 0.720. The van der Waals surface area contributed by atoms with Gasteiger partial charge in [-0.2, -0.15) is 0 Å². The van der Waals surface area contributed by atoms with Crippen LogP contribution in [0.1, 0.15) is 29.1 Å². The molecule has 5 heteroatoms. The van der Waals surface area contributed by atoms with Crippen LogP contribution < -0.4 is 5.32 Å². The molecule has 0 saturated heterocycles. The SMILES string of the molecule is CCc1cc(NCc2nc(C)cs2)nc(C)n1. The standard InChI is InChI=1S/C12H16N4S/c1-4-10-5-11(16-9(3)15-10)13-6-12-14-8(2)7-17-12/h5,7H,4,6H2,1-3H3,(H,13,15,16). The third kappa shape index (κ3) is 3.23. The van der Waals surface area contributed by atoms with Crippen molar-refractivity contribution in [3.05, 3.63) is 33.7 Å². The molecule has 2 rings (SSSR count). The van der Waals surface area contributed by atoms with Crippen molar-refractivity contribution in [2.24, 2.45) is 0 Å². The third-order valence-electron chi connectivity index (χ3n) is 2.34. The van der Waals surface area contributed by atoms with Crippen LogP contribution in [0.15, 0.2) is 11.4 Å². The molecule has 90 valence electrons. The number of anilines is 1. The maximum atomic E-state index is 4.40. The van der Waals surface area contributed by atoms with Crippen LogP contribution in [0.2, 0.25) is 0 Å². The Hall–Kier alpha value is -1.49. The Balaban J connectivity index is 2.05. The van der Waals surface area contributed by atoms with Gasteiger partial charge in [-0.05, 0) is 20.3 Å². The van der Waals surface area contributed by atoms with Gasteiger partial charge in [-0.15, -0.1) is 11.3 Å². The molecule has 2 aromatic heterocycles. The molecular formula is C12H16N4S. The number of hydrogen-bond donors (Lipinski definition) is 1. The predicted octanol–water partition coefficient (Wildman–Crippen LogP) is 2.72. The Morgan fingerprint density at radius 3 is 2.71 bits per heavy atom. The van der Waals surface area contributed by atoms with E-state index in [-0.39, 0.29) is 0 Å². The van der Waals surface area contributed by atoms with E-state index >= 15 is 0 Å². The summed E-state index contributed by atoms with van der Waals surface area (Å²) in [4.78, 5) is 13.1. The minimum Gasteiger partial charge on any atom is -0.363 e. The zero-order valence-electron chi connectivity index (χ0n) is 10.3. The van der Waals surface area contributed by atoms with E-state index in [9.17, 15) is 0 Å². The maximum Gasteiger partial charge on any atom is 0.130 e. The van der Waals surface area contributed by atoms with Gasteiger partial charge < -0.3 is 5.32 Å². The number of nitrogens with one attached hydrogen (secondary N) is 1. The van der Waals surface area contributed by atoms with E-state index in [1.807, 2.05) is 19.9 Å². The van der Waals surface area contributed by atoms with E-state index in [1.54, 1.807) is 11.3 Å². The zero-order valence-corrected chi connectivity index (χ0v) is 11.1. The van der Waals surface area contributed by atoms with Gasteiger partial charge in [-0.3, -0.25) is 0 Å². The highest BCUT2D eigenvalue weighted by Gasteiger charge is 2.02. The third-order valence-corrected chi connectivity index (χ3v) is 3.31. The van der Waals surface area contributed by atoms with Crippen molar-refractivity contribution < 1.29 is 0 Å². The second-order valence-electron chi connectivity index (χ2n) is 3.88. The number of aromatic nitrogens is 3. The zero-order chi connectivity index (χ0) is 12.3. The summed E-state index contributed by atoms with van der Waals surface area (Å²) in [6.45, 7) is 6.73. The van der Waals surface area contributed by atoms with Gasteiger partial charge in [0.15, 0.2) is 0 Å². The second kappa shape index (κ2) is 5.23. The van der Waals surface area contributed by atoms with Gasteiger partial charge in [0.2, 0.25) is 0 Å². The molecule has 0 aromatic carbocycles. The van der Waals surface area contributed by atoms with Crippen LogP contribution in [0.4, 0.5) is 5.82 Å². The van der Waals surface area contributed by atoms with Crippen molar-refractivity contribution in [1.82, 2.24) is 15.0 Å².